The van der Waals surface area contributed by atoms with Gasteiger partial charge in [0.15, 0.2) is 0 Å². The lowest BCUT2D eigenvalue weighted by atomic mass is 9.95. The van der Waals surface area contributed by atoms with Crippen LogP contribution in [0.3, 0.4) is 0 Å². The Balaban J connectivity index is 1.71. The summed E-state index contributed by atoms with van der Waals surface area (Å²) in [5, 5.41) is 9.74. The Morgan fingerprint density at radius 2 is 1.88 bits per heavy atom. The zero-order chi connectivity index (χ0) is 11.2. The molecule has 1 aromatic rings. The number of hydrogen-bond acceptors (Lipinski definition) is 2. The molecule has 0 bridgehead atoms. The van der Waals surface area contributed by atoms with Crippen LogP contribution in [0.15, 0.2) is 30.3 Å². The Morgan fingerprint density at radius 1 is 1.12 bits per heavy atom. The minimum Gasteiger partial charge on any atom is -0.390 e. The number of aliphatic hydroxyl groups excluding tert-OH is 1. The average Bonchev–Trinajstić information content (AvgIpc) is 2.33. The molecule has 2 rings (SSSR count). The van der Waals surface area contributed by atoms with Gasteiger partial charge in [0.2, 0.25) is 0 Å². The van der Waals surface area contributed by atoms with Crippen molar-refractivity contribution < 1.29 is 9.84 Å². The summed E-state index contributed by atoms with van der Waals surface area (Å²) in [6.07, 6.45) is 4.99. The monoisotopic (exact) mass is 220 g/mol. The molecular weight excluding hydrogens is 200 g/mol. The van der Waals surface area contributed by atoms with E-state index in [2.05, 4.69) is 12.1 Å². The normalized spacial score (nSPS) is 25.6. The van der Waals surface area contributed by atoms with Crippen LogP contribution < -0.4 is 0 Å². The second-order valence-electron chi connectivity index (χ2n) is 4.50. The second kappa shape index (κ2) is 6.02. The summed E-state index contributed by atoms with van der Waals surface area (Å²) < 4.78 is 5.75. The second-order valence-corrected chi connectivity index (χ2v) is 4.50. The quantitative estimate of drug-likeness (QED) is 0.845. The molecule has 1 N–H and O–H groups in total. The van der Waals surface area contributed by atoms with Crippen LogP contribution in [-0.4, -0.2) is 23.9 Å². The molecule has 2 nitrogen and oxygen atoms in total. The first kappa shape index (κ1) is 11.6. The molecule has 1 aromatic carbocycles. The highest BCUT2D eigenvalue weighted by Crippen LogP contribution is 2.21. The lowest BCUT2D eigenvalue weighted by molar-refractivity contribution is -0.0575. The maximum atomic E-state index is 9.74. The standard InChI is InChI=1S/C14H20O2/c15-13-8-4-5-9-14(13)16-11-10-12-6-2-1-3-7-12/h1-3,6-7,13-15H,4-5,8-11H2/t13?,14-/m1/s1. The Labute approximate surface area is 97.3 Å². The van der Waals surface area contributed by atoms with Gasteiger partial charge in [-0.15, -0.1) is 0 Å². The van der Waals surface area contributed by atoms with Gasteiger partial charge in [-0.2, -0.15) is 0 Å². The van der Waals surface area contributed by atoms with Gasteiger partial charge in [-0.05, 0) is 24.8 Å². The zero-order valence-corrected chi connectivity index (χ0v) is 9.64. The van der Waals surface area contributed by atoms with Gasteiger partial charge < -0.3 is 9.84 Å². The molecular formula is C14H20O2. The fourth-order valence-corrected chi connectivity index (χ4v) is 2.24. The number of aliphatic hydroxyl groups is 1. The van der Waals surface area contributed by atoms with Crippen LogP contribution in [0.2, 0.25) is 0 Å². The summed E-state index contributed by atoms with van der Waals surface area (Å²) in [7, 11) is 0. The van der Waals surface area contributed by atoms with E-state index in [1.54, 1.807) is 0 Å². The zero-order valence-electron chi connectivity index (χ0n) is 9.64. The van der Waals surface area contributed by atoms with Crippen molar-refractivity contribution in [3.8, 4) is 0 Å². The van der Waals surface area contributed by atoms with E-state index in [-0.39, 0.29) is 12.2 Å². The number of hydrogen-bond donors (Lipinski definition) is 1. The highest BCUT2D eigenvalue weighted by Gasteiger charge is 2.23. The molecule has 1 fully saturated rings. The maximum absolute atomic E-state index is 9.74. The van der Waals surface area contributed by atoms with Crippen molar-refractivity contribution in [1.29, 1.82) is 0 Å². The predicted octanol–water partition coefficient (Wildman–Crippen LogP) is 2.55. The number of benzene rings is 1. The molecule has 0 amide bonds. The number of ether oxygens (including phenoxy) is 1. The first-order chi connectivity index (χ1) is 7.86. The van der Waals surface area contributed by atoms with Crippen molar-refractivity contribution in [2.75, 3.05) is 6.61 Å². The third kappa shape index (κ3) is 3.32. The first-order valence-corrected chi connectivity index (χ1v) is 6.20. The highest BCUT2D eigenvalue weighted by atomic mass is 16.5. The van der Waals surface area contributed by atoms with Gasteiger partial charge in [0, 0.05) is 0 Å². The average molecular weight is 220 g/mol. The Kier molecular flexibility index (Phi) is 4.37. The van der Waals surface area contributed by atoms with Crippen LogP contribution in [0.5, 0.6) is 0 Å². The van der Waals surface area contributed by atoms with Crippen LogP contribution in [0.25, 0.3) is 0 Å². The van der Waals surface area contributed by atoms with Gasteiger partial charge in [0.25, 0.3) is 0 Å². The SMILES string of the molecule is OC1CCCC[C@H]1OCCc1ccccc1. The minimum atomic E-state index is -0.246. The largest absolute Gasteiger partial charge is 0.390 e. The molecule has 16 heavy (non-hydrogen) atoms. The molecule has 2 heteroatoms. The van der Waals surface area contributed by atoms with Crippen molar-refractivity contribution in [2.24, 2.45) is 0 Å². The fourth-order valence-electron chi connectivity index (χ4n) is 2.24. The van der Waals surface area contributed by atoms with Crippen molar-refractivity contribution >= 4 is 0 Å². The van der Waals surface area contributed by atoms with E-state index >= 15 is 0 Å². The summed E-state index contributed by atoms with van der Waals surface area (Å²) in [6, 6.07) is 10.3. The van der Waals surface area contributed by atoms with Gasteiger partial charge in [-0.25, -0.2) is 0 Å². The molecule has 1 unspecified atom stereocenters. The molecule has 0 heterocycles. The van der Waals surface area contributed by atoms with Crippen LogP contribution in [0.1, 0.15) is 31.2 Å². The van der Waals surface area contributed by atoms with Crippen molar-refractivity contribution in [1.82, 2.24) is 0 Å². The van der Waals surface area contributed by atoms with Crippen LogP contribution in [0.4, 0.5) is 0 Å². The first-order valence-electron chi connectivity index (χ1n) is 6.20. The van der Waals surface area contributed by atoms with Crippen LogP contribution in [0, 0.1) is 0 Å². The highest BCUT2D eigenvalue weighted by molar-refractivity contribution is 5.14. The fraction of sp³-hybridized carbons (Fsp3) is 0.571. The van der Waals surface area contributed by atoms with E-state index in [9.17, 15) is 5.11 Å². The van der Waals surface area contributed by atoms with Crippen molar-refractivity contribution in [2.45, 2.75) is 44.3 Å². The Hall–Kier alpha value is -0.860. The van der Waals surface area contributed by atoms with Crippen LogP contribution >= 0.6 is 0 Å². The third-order valence-corrected chi connectivity index (χ3v) is 3.23. The molecule has 2 atom stereocenters. The lowest BCUT2D eigenvalue weighted by Gasteiger charge is -2.27. The van der Waals surface area contributed by atoms with Gasteiger partial charge in [-0.1, -0.05) is 43.2 Å². The molecule has 1 aliphatic rings. The smallest absolute Gasteiger partial charge is 0.0834 e. The summed E-state index contributed by atoms with van der Waals surface area (Å²) in [5.41, 5.74) is 1.30. The Morgan fingerprint density at radius 3 is 2.62 bits per heavy atom. The van der Waals surface area contributed by atoms with E-state index in [0.717, 1.165) is 25.7 Å². The topological polar surface area (TPSA) is 29.5 Å². The molecule has 0 radical (unpaired) electrons. The lowest BCUT2D eigenvalue weighted by Crippen LogP contribution is -2.32. The van der Waals surface area contributed by atoms with Crippen molar-refractivity contribution in [3.63, 3.8) is 0 Å². The van der Waals surface area contributed by atoms with E-state index in [1.165, 1.54) is 12.0 Å². The van der Waals surface area contributed by atoms with E-state index in [1.807, 2.05) is 18.2 Å². The molecule has 1 aliphatic carbocycles. The van der Waals surface area contributed by atoms with Gasteiger partial charge in [0.05, 0.1) is 18.8 Å². The Bertz CT molecular complexity index is 297. The molecule has 0 aromatic heterocycles. The van der Waals surface area contributed by atoms with E-state index < -0.39 is 0 Å². The third-order valence-electron chi connectivity index (χ3n) is 3.23. The number of rotatable bonds is 4. The predicted molar refractivity (Wildman–Crippen MR) is 64.4 cm³/mol. The van der Waals surface area contributed by atoms with Crippen LogP contribution in [-0.2, 0) is 11.2 Å². The summed E-state index contributed by atoms with van der Waals surface area (Å²) >= 11 is 0. The summed E-state index contributed by atoms with van der Waals surface area (Å²) in [4.78, 5) is 0. The molecule has 0 spiro atoms. The van der Waals surface area contributed by atoms with E-state index in [0.29, 0.717) is 6.61 Å². The minimum absolute atomic E-state index is 0.0671. The van der Waals surface area contributed by atoms with Gasteiger partial charge in [-0.3, -0.25) is 0 Å². The van der Waals surface area contributed by atoms with Gasteiger partial charge in [0.1, 0.15) is 0 Å². The summed E-state index contributed by atoms with van der Waals surface area (Å²) in [6.45, 7) is 0.714. The molecule has 0 aliphatic heterocycles. The maximum Gasteiger partial charge on any atom is 0.0834 e. The van der Waals surface area contributed by atoms with Crippen molar-refractivity contribution in [3.05, 3.63) is 35.9 Å². The molecule has 1 saturated carbocycles. The molecule has 88 valence electrons. The van der Waals surface area contributed by atoms with E-state index in [4.69, 9.17) is 4.74 Å². The summed E-state index contributed by atoms with van der Waals surface area (Å²) in [5.74, 6) is 0. The molecule has 0 saturated heterocycles. The van der Waals surface area contributed by atoms with Gasteiger partial charge >= 0.3 is 0 Å².